The van der Waals surface area contributed by atoms with Crippen molar-refractivity contribution >= 4 is 5.91 Å². The van der Waals surface area contributed by atoms with E-state index in [0.29, 0.717) is 24.2 Å². The highest BCUT2D eigenvalue weighted by molar-refractivity contribution is 5.95. The molecule has 2 rings (SSSR count). The van der Waals surface area contributed by atoms with Gasteiger partial charge in [0.25, 0.3) is 5.91 Å². The average Bonchev–Trinajstić information content (AvgIpc) is 2.73. The highest BCUT2D eigenvalue weighted by atomic mass is 19.1. The fourth-order valence-electron chi connectivity index (χ4n) is 2.18. The van der Waals surface area contributed by atoms with Crippen LogP contribution < -0.4 is 5.32 Å². The second-order valence-corrected chi connectivity index (χ2v) is 4.41. The summed E-state index contributed by atoms with van der Waals surface area (Å²) in [6.07, 6.45) is 0.941. The largest absolute Gasteiger partial charge is 0.466 e. The van der Waals surface area contributed by atoms with Crippen molar-refractivity contribution in [1.29, 1.82) is 0 Å². The minimum atomic E-state index is -0.766. The van der Waals surface area contributed by atoms with Gasteiger partial charge in [0.15, 0.2) is 0 Å². The van der Waals surface area contributed by atoms with E-state index in [2.05, 4.69) is 5.32 Å². The lowest BCUT2D eigenvalue weighted by atomic mass is 10.2. The van der Waals surface area contributed by atoms with Crippen molar-refractivity contribution in [3.63, 3.8) is 0 Å². The molecule has 0 spiro atoms. The molecule has 0 aliphatic heterocycles. The van der Waals surface area contributed by atoms with Crippen LogP contribution in [0.2, 0.25) is 0 Å². The van der Waals surface area contributed by atoms with Crippen LogP contribution in [-0.2, 0) is 0 Å². The Balaban J connectivity index is 2.00. The van der Waals surface area contributed by atoms with Gasteiger partial charge in [0.2, 0.25) is 0 Å². The second kappa shape index (κ2) is 4.28. The second-order valence-electron chi connectivity index (χ2n) is 4.41. The minimum absolute atomic E-state index is 0.0305. The fraction of sp³-hybridized carbons (Fsp3) is 0.583. The van der Waals surface area contributed by atoms with Crippen molar-refractivity contribution in [2.45, 2.75) is 45.3 Å². The van der Waals surface area contributed by atoms with Crippen LogP contribution in [-0.4, -0.2) is 18.1 Å². The number of carbonyl (C=O) groups excluding carboxylic acids is 1. The summed E-state index contributed by atoms with van der Waals surface area (Å²) in [4.78, 5) is 11.8. The molecule has 16 heavy (non-hydrogen) atoms. The van der Waals surface area contributed by atoms with E-state index in [9.17, 15) is 9.18 Å². The van der Waals surface area contributed by atoms with E-state index < -0.39 is 6.17 Å². The molecule has 2 unspecified atom stereocenters. The summed E-state index contributed by atoms with van der Waals surface area (Å²) in [5.41, 5.74) is 0.555. The molecule has 0 bridgehead atoms. The van der Waals surface area contributed by atoms with Crippen molar-refractivity contribution in [2.75, 3.05) is 0 Å². The van der Waals surface area contributed by atoms with Gasteiger partial charge in [-0.15, -0.1) is 0 Å². The quantitative estimate of drug-likeness (QED) is 0.840. The van der Waals surface area contributed by atoms with Gasteiger partial charge in [0.1, 0.15) is 17.7 Å². The summed E-state index contributed by atoms with van der Waals surface area (Å²) in [7, 11) is 0. The zero-order chi connectivity index (χ0) is 11.7. The van der Waals surface area contributed by atoms with Gasteiger partial charge in [-0.25, -0.2) is 4.39 Å². The Hall–Kier alpha value is -1.32. The molecular formula is C12H16FNO2. The van der Waals surface area contributed by atoms with Crippen molar-refractivity contribution in [2.24, 2.45) is 0 Å². The van der Waals surface area contributed by atoms with Crippen LogP contribution >= 0.6 is 0 Å². The summed E-state index contributed by atoms with van der Waals surface area (Å²) in [6.45, 7) is 3.56. The maximum absolute atomic E-state index is 12.9. The first-order chi connectivity index (χ1) is 7.56. The van der Waals surface area contributed by atoms with Crippen LogP contribution in [0.5, 0.6) is 0 Å². The maximum Gasteiger partial charge on any atom is 0.255 e. The average molecular weight is 225 g/mol. The van der Waals surface area contributed by atoms with E-state index in [1.54, 1.807) is 19.9 Å². The third-order valence-electron chi connectivity index (χ3n) is 2.99. The van der Waals surface area contributed by atoms with E-state index in [1.807, 2.05) is 0 Å². The Labute approximate surface area is 94.0 Å². The van der Waals surface area contributed by atoms with Gasteiger partial charge in [-0.2, -0.15) is 0 Å². The van der Waals surface area contributed by atoms with Gasteiger partial charge < -0.3 is 9.73 Å². The number of alkyl halides is 1. The topological polar surface area (TPSA) is 42.2 Å². The van der Waals surface area contributed by atoms with Crippen LogP contribution in [0.1, 0.15) is 41.1 Å². The van der Waals surface area contributed by atoms with Gasteiger partial charge in [0, 0.05) is 6.04 Å². The molecule has 1 fully saturated rings. The van der Waals surface area contributed by atoms with Crippen LogP contribution in [0, 0.1) is 13.8 Å². The number of halogens is 1. The molecule has 4 heteroatoms. The maximum atomic E-state index is 12.9. The summed E-state index contributed by atoms with van der Waals surface area (Å²) in [6, 6.07) is 1.68. The number of amides is 1. The molecular weight excluding hydrogens is 209 g/mol. The van der Waals surface area contributed by atoms with Gasteiger partial charge in [-0.3, -0.25) is 4.79 Å². The highest BCUT2D eigenvalue weighted by Gasteiger charge is 2.26. The summed E-state index contributed by atoms with van der Waals surface area (Å²) in [5, 5.41) is 2.84. The van der Waals surface area contributed by atoms with E-state index >= 15 is 0 Å². The third kappa shape index (κ3) is 2.26. The molecule has 1 amide bonds. The molecule has 1 N–H and O–H groups in total. The normalized spacial score (nSPS) is 24.7. The number of furan rings is 1. The number of hydrogen-bond donors (Lipinski definition) is 1. The van der Waals surface area contributed by atoms with E-state index in [-0.39, 0.29) is 11.9 Å². The van der Waals surface area contributed by atoms with Crippen LogP contribution in [0.25, 0.3) is 0 Å². The number of carbonyl (C=O) groups is 1. The Bertz CT molecular complexity index is 400. The molecule has 1 aliphatic rings. The van der Waals surface area contributed by atoms with Crippen LogP contribution in [0.15, 0.2) is 10.5 Å². The lowest BCUT2D eigenvalue weighted by Crippen LogP contribution is -2.33. The van der Waals surface area contributed by atoms with Crippen LogP contribution in [0.4, 0.5) is 4.39 Å². The third-order valence-corrected chi connectivity index (χ3v) is 2.99. The van der Waals surface area contributed by atoms with Crippen molar-refractivity contribution < 1.29 is 13.6 Å². The Morgan fingerprint density at radius 2 is 2.25 bits per heavy atom. The van der Waals surface area contributed by atoms with Crippen molar-refractivity contribution in [3.05, 3.63) is 23.2 Å². The molecule has 0 radical (unpaired) electrons. The number of aryl methyl sites for hydroxylation is 2. The van der Waals surface area contributed by atoms with E-state index in [4.69, 9.17) is 4.42 Å². The highest BCUT2D eigenvalue weighted by Crippen LogP contribution is 2.22. The monoisotopic (exact) mass is 225 g/mol. The zero-order valence-corrected chi connectivity index (χ0v) is 9.55. The van der Waals surface area contributed by atoms with Crippen molar-refractivity contribution in [1.82, 2.24) is 5.32 Å². The van der Waals surface area contributed by atoms with Gasteiger partial charge in [0.05, 0.1) is 5.56 Å². The van der Waals surface area contributed by atoms with E-state index in [0.717, 1.165) is 12.2 Å². The lowest BCUT2D eigenvalue weighted by Gasteiger charge is -2.10. The first-order valence-electron chi connectivity index (χ1n) is 5.58. The summed E-state index contributed by atoms with van der Waals surface area (Å²) < 4.78 is 18.2. The molecule has 3 nitrogen and oxygen atoms in total. The van der Waals surface area contributed by atoms with E-state index in [1.165, 1.54) is 0 Å². The molecule has 2 atom stereocenters. The van der Waals surface area contributed by atoms with Gasteiger partial charge in [-0.05, 0) is 39.2 Å². The predicted molar refractivity (Wildman–Crippen MR) is 58.2 cm³/mol. The minimum Gasteiger partial charge on any atom is -0.466 e. The molecule has 0 saturated heterocycles. The number of hydrogen-bond acceptors (Lipinski definition) is 2. The smallest absolute Gasteiger partial charge is 0.255 e. The van der Waals surface area contributed by atoms with Gasteiger partial charge >= 0.3 is 0 Å². The molecule has 1 aromatic heterocycles. The van der Waals surface area contributed by atoms with Crippen molar-refractivity contribution in [3.8, 4) is 0 Å². The Morgan fingerprint density at radius 1 is 1.50 bits per heavy atom. The number of rotatable bonds is 2. The summed E-state index contributed by atoms with van der Waals surface area (Å²) >= 11 is 0. The molecule has 1 heterocycles. The lowest BCUT2D eigenvalue weighted by molar-refractivity contribution is 0.0935. The zero-order valence-electron chi connectivity index (χ0n) is 9.55. The fourth-order valence-corrected chi connectivity index (χ4v) is 2.18. The molecule has 1 saturated carbocycles. The van der Waals surface area contributed by atoms with Crippen LogP contribution in [0.3, 0.4) is 0 Å². The number of nitrogens with one attached hydrogen (secondary N) is 1. The first-order valence-corrected chi connectivity index (χ1v) is 5.58. The first kappa shape index (κ1) is 11.2. The van der Waals surface area contributed by atoms with Gasteiger partial charge in [-0.1, -0.05) is 0 Å². The molecule has 1 aromatic rings. The Kier molecular flexibility index (Phi) is 2.99. The summed E-state index contributed by atoms with van der Waals surface area (Å²) in [5.74, 6) is 1.18. The SMILES string of the molecule is Cc1cc(C(=O)NC2CCC(F)C2)c(C)o1. The standard InChI is InChI=1S/C12H16FNO2/c1-7-5-11(8(2)16-7)12(15)14-10-4-3-9(13)6-10/h5,9-10H,3-4,6H2,1-2H3,(H,14,15). The predicted octanol–water partition coefficient (Wildman–Crippen LogP) is 2.52. The Morgan fingerprint density at radius 3 is 2.75 bits per heavy atom. The molecule has 0 aromatic carbocycles. The molecule has 88 valence electrons. The molecule has 1 aliphatic carbocycles.